The number of benzene rings is 1. The van der Waals surface area contributed by atoms with Crippen LogP contribution in [0.3, 0.4) is 0 Å². The standard InChI is InChI=1S/C15H14N4O2/c1-20-13-4-2-3-10-7-11(9-21-14(10)13)19-15-12(8-16)17-5-6-18-15/h2-6,11H,7,9H2,1H3,(H,18,19)/t11-/m0/s1. The third-order valence-electron chi connectivity index (χ3n) is 3.32. The highest BCUT2D eigenvalue weighted by atomic mass is 16.5. The van der Waals surface area contributed by atoms with Gasteiger partial charge in [-0.2, -0.15) is 5.26 Å². The number of anilines is 1. The zero-order valence-corrected chi connectivity index (χ0v) is 11.5. The van der Waals surface area contributed by atoms with Crippen LogP contribution in [0.4, 0.5) is 5.82 Å². The lowest BCUT2D eigenvalue weighted by atomic mass is 10.0. The average Bonchev–Trinajstić information content (AvgIpc) is 2.54. The number of aromatic nitrogens is 2. The van der Waals surface area contributed by atoms with E-state index in [0.29, 0.717) is 12.4 Å². The van der Waals surface area contributed by atoms with Crippen LogP contribution < -0.4 is 14.8 Å². The number of nitrogens with one attached hydrogen (secondary N) is 1. The van der Waals surface area contributed by atoms with Crippen molar-refractivity contribution in [2.75, 3.05) is 19.0 Å². The molecule has 0 bridgehead atoms. The van der Waals surface area contributed by atoms with Gasteiger partial charge in [-0.25, -0.2) is 9.97 Å². The number of fused-ring (bicyclic) bond motifs is 1. The summed E-state index contributed by atoms with van der Waals surface area (Å²) >= 11 is 0. The Balaban J connectivity index is 1.80. The molecule has 3 rings (SSSR count). The molecule has 6 nitrogen and oxygen atoms in total. The summed E-state index contributed by atoms with van der Waals surface area (Å²) in [5.41, 5.74) is 1.36. The Bertz CT molecular complexity index is 696. The Morgan fingerprint density at radius 3 is 3.05 bits per heavy atom. The number of nitrogens with zero attached hydrogens (tertiary/aromatic N) is 3. The Hall–Kier alpha value is -2.81. The van der Waals surface area contributed by atoms with Gasteiger partial charge in [-0.05, 0) is 12.5 Å². The van der Waals surface area contributed by atoms with Crippen LogP contribution >= 0.6 is 0 Å². The van der Waals surface area contributed by atoms with Gasteiger partial charge in [0.15, 0.2) is 23.0 Å². The maximum Gasteiger partial charge on any atom is 0.182 e. The molecule has 1 aliphatic rings. The molecule has 21 heavy (non-hydrogen) atoms. The first kappa shape index (κ1) is 13.2. The maximum absolute atomic E-state index is 9.03. The normalized spacial score (nSPS) is 16.3. The second kappa shape index (κ2) is 5.67. The SMILES string of the molecule is COc1cccc2c1OC[C@@H](Nc1nccnc1C#N)C2. The predicted octanol–water partition coefficient (Wildman–Crippen LogP) is 1.77. The molecule has 0 spiro atoms. The highest BCUT2D eigenvalue weighted by Crippen LogP contribution is 2.35. The van der Waals surface area contributed by atoms with E-state index in [9.17, 15) is 0 Å². The first-order valence-corrected chi connectivity index (χ1v) is 6.58. The fourth-order valence-corrected chi connectivity index (χ4v) is 2.37. The fraction of sp³-hybridized carbons (Fsp3) is 0.267. The van der Waals surface area contributed by atoms with Crippen molar-refractivity contribution in [3.05, 3.63) is 41.9 Å². The van der Waals surface area contributed by atoms with E-state index in [-0.39, 0.29) is 11.7 Å². The van der Waals surface area contributed by atoms with Crippen molar-refractivity contribution >= 4 is 5.82 Å². The van der Waals surface area contributed by atoms with E-state index in [1.807, 2.05) is 24.3 Å². The topological polar surface area (TPSA) is 80.1 Å². The van der Waals surface area contributed by atoms with Gasteiger partial charge in [-0.3, -0.25) is 0 Å². The minimum absolute atomic E-state index is 0.0356. The Morgan fingerprint density at radius 1 is 1.38 bits per heavy atom. The predicted molar refractivity (Wildman–Crippen MR) is 76.4 cm³/mol. The largest absolute Gasteiger partial charge is 0.493 e. The van der Waals surface area contributed by atoms with Crippen molar-refractivity contribution in [1.82, 2.24) is 9.97 Å². The molecule has 0 saturated carbocycles. The lowest BCUT2D eigenvalue weighted by Gasteiger charge is -2.27. The van der Waals surface area contributed by atoms with Crippen LogP contribution in [0, 0.1) is 11.3 Å². The lowest BCUT2D eigenvalue weighted by molar-refractivity contribution is 0.256. The van der Waals surface area contributed by atoms with Crippen molar-refractivity contribution in [3.8, 4) is 17.6 Å². The number of hydrogen-bond donors (Lipinski definition) is 1. The van der Waals surface area contributed by atoms with Gasteiger partial charge < -0.3 is 14.8 Å². The number of nitriles is 1. The number of rotatable bonds is 3. The van der Waals surface area contributed by atoms with Crippen LogP contribution in [0.1, 0.15) is 11.3 Å². The molecule has 6 heteroatoms. The van der Waals surface area contributed by atoms with E-state index in [4.69, 9.17) is 14.7 Å². The highest BCUT2D eigenvalue weighted by molar-refractivity contribution is 5.51. The maximum atomic E-state index is 9.03. The zero-order valence-electron chi connectivity index (χ0n) is 11.5. The summed E-state index contributed by atoms with van der Waals surface area (Å²) in [4.78, 5) is 8.14. The van der Waals surface area contributed by atoms with Gasteiger partial charge in [-0.15, -0.1) is 0 Å². The summed E-state index contributed by atoms with van der Waals surface area (Å²) in [5.74, 6) is 2.01. The van der Waals surface area contributed by atoms with Crippen LogP contribution in [-0.4, -0.2) is 29.7 Å². The van der Waals surface area contributed by atoms with Gasteiger partial charge in [-0.1, -0.05) is 12.1 Å². The van der Waals surface area contributed by atoms with Gasteiger partial charge in [0, 0.05) is 18.0 Å². The molecule has 2 heterocycles. The number of hydrogen-bond acceptors (Lipinski definition) is 6. The van der Waals surface area contributed by atoms with Gasteiger partial charge in [0.1, 0.15) is 12.7 Å². The molecule has 106 valence electrons. The summed E-state index contributed by atoms with van der Waals surface area (Å²) in [6.45, 7) is 0.481. The molecular formula is C15H14N4O2. The van der Waals surface area contributed by atoms with Crippen LogP contribution in [-0.2, 0) is 6.42 Å². The third kappa shape index (κ3) is 2.58. The van der Waals surface area contributed by atoms with Gasteiger partial charge in [0.25, 0.3) is 0 Å². The molecule has 0 radical (unpaired) electrons. The van der Waals surface area contributed by atoms with E-state index in [1.165, 1.54) is 6.20 Å². The second-order valence-electron chi connectivity index (χ2n) is 4.67. The molecule has 0 amide bonds. The van der Waals surface area contributed by atoms with Gasteiger partial charge in [0.2, 0.25) is 0 Å². The van der Waals surface area contributed by atoms with Crippen LogP contribution in [0.15, 0.2) is 30.6 Å². The smallest absolute Gasteiger partial charge is 0.182 e. The van der Waals surface area contributed by atoms with Crippen molar-refractivity contribution in [3.63, 3.8) is 0 Å². The molecule has 1 N–H and O–H groups in total. The summed E-state index contributed by atoms with van der Waals surface area (Å²) in [5, 5.41) is 12.3. The van der Waals surface area contributed by atoms with Crippen molar-refractivity contribution in [2.24, 2.45) is 0 Å². The van der Waals surface area contributed by atoms with Crippen LogP contribution in [0.25, 0.3) is 0 Å². The molecule has 0 aliphatic carbocycles. The minimum Gasteiger partial charge on any atom is -0.493 e. The molecule has 0 fully saturated rings. The van der Waals surface area contributed by atoms with Gasteiger partial charge in [0.05, 0.1) is 13.2 Å². The highest BCUT2D eigenvalue weighted by Gasteiger charge is 2.23. The van der Waals surface area contributed by atoms with E-state index in [1.54, 1.807) is 13.3 Å². The average molecular weight is 282 g/mol. The number of methoxy groups -OCH3 is 1. The molecule has 1 aromatic heterocycles. The Kier molecular flexibility index (Phi) is 3.56. The fourth-order valence-electron chi connectivity index (χ4n) is 2.37. The van der Waals surface area contributed by atoms with Crippen molar-refractivity contribution in [2.45, 2.75) is 12.5 Å². The van der Waals surface area contributed by atoms with Crippen molar-refractivity contribution in [1.29, 1.82) is 5.26 Å². The molecular weight excluding hydrogens is 268 g/mol. The minimum atomic E-state index is 0.0356. The zero-order chi connectivity index (χ0) is 14.7. The molecule has 1 aromatic carbocycles. The molecule has 1 aliphatic heterocycles. The number of ether oxygens (including phenoxy) is 2. The molecule has 0 saturated heterocycles. The van der Waals surface area contributed by atoms with Crippen LogP contribution in [0.5, 0.6) is 11.5 Å². The number of para-hydroxylation sites is 1. The summed E-state index contributed by atoms with van der Waals surface area (Å²) in [6.07, 6.45) is 3.83. The Morgan fingerprint density at radius 2 is 2.24 bits per heavy atom. The van der Waals surface area contributed by atoms with E-state index < -0.39 is 0 Å². The third-order valence-corrected chi connectivity index (χ3v) is 3.32. The van der Waals surface area contributed by atoms with Crippen LogP contribution in [0.2, 0.25) is 0 Å². The second-order valence-corrected chi connectivity index (χ2v) is 4.67. The van der Waals surface area contributed by atoms with Crippen molar-refractivity contribution < 1.29 is 9.47 Å². The molecule has 0 unspecified atom stereocenters. The first-order chi connectivity index (χ1) is 10.3. The van der Waals surface area contributed by atoms with E-state index >= 15 is 0 Å². The summed E-state index contributed by atoms with van der Waals surface area (Å²) < 4.78 is 11.1. The summed E-state index contributed by atoms with van der Waals surface area (Å²) in [6, 6.07) is 7.88. The summed E-state index contributed by atoms with van der Waals surface area (Å²) in [7, 11) is 1.63. The first-order valence-electron chi connectivity index (χ1n) is 6.58. The monoisotopic (exact) mass is 282 g/mol. The van der Waals surface area contributed by atoms with Gasteiger partial charge >= 0.3 is 0 Å². The lowest BCUT2D eigenvalue weighted by Crippen LogP contribution is -2.33. The van der Waals surface area contributed by atoms with E-state index in [0.717, 1.165) is 23.5 Å². The molecule has 1 atom stereocenters. The Labute approximate surface area is 122 Å². The van der Waals surface area contributed by atoms with E-state index in [2.05, 4.69) is 15.3 Å². The molecule has 2 aromatic rings. The quantitative estimate of drug-likeness (QED) is 0.924.